The fraction of sp³-hybridized carbons (Fsp3) is 0. The topological polar surface area (TPSA) is 46.5 Å². The maximum atomic E-state index is 10.0. The van der Waals surface area contributed by atoms with Gasteiger partial charge in [-0.2, -0.15) is 5.26 Å². The lowest BCUT2D eigenvalue weighted by molar-refractivity contribution is 1.10. The van der Waals surface area contributed by atoms with Gasteiger partial charge in [0.1, 0.15) is 5.82 Å². The van der Waals surface area contributed by atoms with Crippen molar-refractivity contribution in [2.24, 2.45) is 0 Å². The minimum absolute atomic E-state index is 0.619. The third-order valence-corrected chi connectivity index (χ3v) is 9.72. The second kappa shape index (κ2) is 10.2. The number of pyridine rings is 1. The third kappa shape index (κ3) is 3.79. The smallest absolute Gasteiger partial charge is 0.139 e. The lowest BCUT2D eigenvalue weighted by Gasteiger charge is -2.10. The molecule has 0 radical (unpaired) electrons. The van der Waals surface area contributed by atoms with Gasteiger partial charge in [-0.15, -0.1) is 0 Å². The van der Waals surface area contributed by atoms with Crippen molar-refractivity contribution in [1.82, 2.24) is 14.1 Å². The van der Waals surface area contributed by atoms with Gasteiger partial charge in [0.2, 0.25) is 0 Å². The number of nitriles is 1. The lowest BCUT2D eigenvalue weighted by atomic mass is 10.00. The van der Waals surface area contributed by atoms with Crippen molar-refractivity contribution in [2.45, 2.75) is 0 Å². The first kappa shape index (κ1) is 26.5. The van der Waals surface area contributed by atoms with E-state index in [9.17, 15) is 5.26 Å². The molecule has 4 nitrogen and oxygen atoms in total. The molecular weight excluding hydrogens is 585 g/mol. The van der Waals surface area contributed by atoms with Gasteiger partial charge in [0.15, 0.2) is 0 Å². The zero-order valence-corrected chi connectivity index (χ0v) is 25.8. The summed E-state index contributed by atoms with van der Waals surface area (Å²) in [6.07, 6.45) is 0. The van der Waals surface area contributed by atoms with E-state index < -0.39 is 0 Å². The van der Waals surface area contributed by atoms with E-state index >= 15 is 0 Å². The van der Waals surface area contributed by atoms with Crippen LogP contribution in [0.3, 0.4) is 0 Å². The molecule has 0 saturated carbocycles. The second-order valence-corrected chi connectivity index (χ2v) is 12.3. The Bertz CT molecular complexity index is 2960. The van der Waals surface area contributed by atoms with Gasteiger partial charge in [0.05, 0.1) is 39.2 Å². The van der Waals surface area contributed by atoms with E-state index in [-0.39, 0.29) is 0 Å². The predicted octanol–water partition coefficient (Wildman–Crippen LogP) is 11.1. The Hall–Kier alpha value is -6.70. The number of aromatic nitrogens is 3. The molecule has 0 amide bonds. The maximum absolute atomic E-state index is 10.0. The van der Waals surface area contributed by atoms with E-state index in [1.807, 2.05) is 30.3 Å². The van der Waals surface area contributed by atoms with Crippen LogP contribution in [0.1, 0.15) is 5.56 Å². The van der Waals surface area contributed by atoms with Gasteiger partial charge < -0.3 is 4.57 Å². The van der Waals surface area contributed by atoms with Gasteiger partial charge in [-0.05, 0) is 71.1 Å². The highest BCUT2D eigenvalue weighted by atomic mass is 15.1. The molecule has 0 unspecified atom stereocenters. The molecule has 0 aliphatic heterocycles. The molecule has 0 fully saturated rings. The molecule has 0 spiro atoms. The molecule has 7 aromatic carbocycles. The summed E-state index contributed by atoms with van der Waals surface area (Å²) in [7, 11) is 0. The van der Waals surface area contributed by atoms with Gasteiger partial charge in [-0.1, -0.05) is 103 Å². The summed E-state index contributed by atoms with van der Waals surface area (Å²) in [6, 6.07) is 57.9. The molecule has 0 aliphatic rings. The van der Waals surface area contributed by atoms with E-state index in [0.29, 0.717) is 5.56 Å². The number of hydrogen-bond donors (Lipinski definition) is 0. The van der Waals surface area contributed by atoms with Crippen LogP contribution in [-0.4, -0.2) is 14.1 Å². The summed E-state index contributed by atoms with van der Waals surface area (Å²) in [5.41, 5.74) is 9.42. The summed E-state index contributed by atoms with van der Waals surface area (Å²) < 4.78 is 4.59. The highest BCUT2D eigenvalue weighted by Gasteiger charge is 2.18. The van der Waals surface area contributed by atoms with Crippen molar-refractivity contribution in [2.75, 3.05) is 0 Å². The van der Waals surface area contributed by atoms with Crippen LogP contribution >= 0.6 is 0 Å². The fourth-order valence-electron chi connectivity index (χ4n) is 7.57. The first-order chi connectivity index (χ1) is 23.8. The normalized spacial score (nSPS) is 11.7. The second-order valence-electron chi connectivity index (χ2n) is 12.3. The van der Waals surface area contributed by atoms with Crippen molar-refractivity contribution >= 4 is 65.3 Å². The molecule has 4 heteroatoms. The van der Waals surface area contributed by atoms with E-state index in [4.69, 9.17) is 4.98 Å². The average molecular weight is 611 g/mol. The molecule has 0 saturated heterocycles. The molecule has 10 aromatic rings. The number of benzene rings is 7. The van der Waals surface area contributed by atoms with Crippen molar-refractivity contribution in [3.8, 4) is 28.7 Å². The standard InChI is InChI=1S/C44H26N4/c45-27-31-26-43(46-39-16-8-6-13-33(31)39)48-40-17-9-7-15-35(40)37-24-29(20-23-42(37)48)30-19-22-41-38(25-30)36-21-18-28-10-4-5-14-34(28)44(36)47(41)32-11-2-1-3-12-32/h1-26H. The van der Waals surface area contributed by atoms with Gasteiger partial charge in [-0.25, -0.2) is 4.98 Å². The van der Waals surface area contributed by atoms with Crippen molar-refractivity contribution in [3.05, 3.63) is 163 Å². The van der Waals surface area contributed by atoms with Crippen LogP contribution < -0.4 is 0 Å². The molecule has 3 heterocycles. The number of fused-ring (bicyclic) bond motifs is 9. The minimum Gasteiger partial charge on any atom is -0.309 e. The first-order valence-electron chi connectivity index (χ1n) is 16.1. The van der Waals surface area contributed by atoms with Gasteiger partial charge in [0.25, 0.3) is 0 Å². The predicted molar refractivity (Wildman–Crippen MR) is 198 cm³/mol. The minimum atomic E-state index is 0.619. The molecule has 0 bridgehead atoms. The largest absolute Gasteiger partial charge is 0.309 e. The Morgan fingerprint density at radius 1 is 0.458 bits per heavy atom. The quantitative estimate of drug-likeness (QED) is 0.200. The van der Waals surface area contributed by atoms with Gasteiger partial charge in [0, 0.05) is 38.0 Å². The van der Waals surface area contributed by atoms with Crippen LogP contribution in [0.15, 0.2) is 158 Å². The zero-order valence-electron chi connectivity index (χ0n) is 25.8. The van der Waals surface area contributed by atoms with Crippen LogP contribution in [0.5, 0.6) is 0 Å². The van der Waals surface area contributed by atoms with Crippen LogP contribution in [0.25, 0.3) is 87.9 Å². The van der Waals surface area contributed by atoms with E-state index in [0.717, 1.165) is 55.3 Å². The Balaban J connectivity index is 1.21. The van der Waals surface area contributed by atoms with E-state index in [1.54, 1.807) is 0 Å². The Labute approximate surface area is 276 Å². The van der Waals surface area contributed by atoms with Crippen LogP contribution in [0.2, 0.25) is 0 Å². The molecule has 0 aliphatic carbocycles. The molecular formula is C44H26N4. The SMILES string of the molecule is N#Cc1cc(-n2c3ccccc3c3cc(-c4ccc5c(c4)c4ccc6ccccc6c4n5-c4ccccc4)ccc32)nc2ccccc12. The average Bonchev–Trinajstić information content (AvgIpc) is 3.67. The molecule has 222 valence electrons. The van der Waals surface area contributed by atoms with Crippen LogP contribution in [0.4, 0.5) is 0 Å². The van der Waals surface area contributed by atoms with Crippen LogP contribution in [-0.2, 0) is 0 Å². The summed E-state index contributed by atoms with van der Waals surface area (Å²) in [5.74, 6) is 0.742. The summed E-state index contributed by atoms with van der Waals surface area (Å²) >= 11 is 0. The van der Waals surface area contributed by atoms with Gasteiger partial charge >= 0.3 is 0 Å². The van der Waals surface area contributed by atoms with E-state index in [1.165, 1.54) is 32.6 Å². The molecule has 10 rings (SSSR count). The Kier molecular flexibility index (Phi) is 5.61. The highest BCUT2D eigenvalue weighted by molar-refractivity contribution is 6.19. The van der Waals surface area contributed by atoms with E-state index in [2.05, 4.69) is 143 Å². The molecule has 48 heavy (non-hydrogen) atoms. The zero-order chi connectivity index (χ0) is 31.8. The van der Waals surface area contributed by atoms with Gasteiger partial charge in [-0.3, -0.25) is 4.57 Å². The van der Waals surface area contributed by atoms with Crippen molar-refractivity contribution in [3.63, 3.8) is 0 Å². The molecule has 0 atom stereocenters. The van der Waals surface area contributed by atoms with Crippen molar-refractivity contribution < 1.29 is 0 Å². The Morgan fingerprint density at radius 2 is 1.08 bits per heavy atom. The van der Waals surface area contributed by atoms with Crippen LogP contribution in [0, 0.1) is 11.3 Å². The Morgan fingerprint density at radius 3 is 1.88 bits per heavy atom. The summed E-state index contributed by atoms with van der Waals surface area (Å²) in [6.45, 7) is 0. The highest BCUT2D eigenvalue weighted by Crippen LogP contribution is 2.40. The fourth-order valence-corrected chi connectivity index (χ4v) is 7.57. The maximum Gasteiger partial charge on any atom is 0.139 e. The summed E-state index contributed by atoms with van der Waals surface area (Å²) in [5, 5.41) is 18.1. The summed E-state index contributed by atoms with van der Waals surface area (Å²) in [4.78, 5) is 5.03. The molecule has 3 aromatic heterocycles. The number of nitrogens with zero attached hydrogens (tertiary/aromatic N) is 4. The monoisotopic (exact) mass is 610 g/mol. The first-order valence-corrected chi connectivity index (χ1v) is 16.1. The third-order valence-electron chi connectivity index (χ3n) is 9.72. The number of rotatable bonds is 3. The number of hydrogen-bond acceptors (Lipinski definition) is 2. The van der Waals surface area contributed by atoms with Crippen molar-refractivity contribution in [1.29, 1.82) is 5.26 Å². The molecule has 0 N–H and O–H groups in total. The lowest BCUT2D eigenvalue weighted by Crippen LogP contribution is -1.99. The number of para-hydroxylation sites is 3.